The Morgan fingerprint density at radius 1 is 0.426 bits per heavy atom. The van der Waals surface area contributed by atoms with Gasteiger partial charge in [-0.1, -0.05) is 6.08 Å². The minimum absolute atomic E-state index is 0.0223. The number of guanidine groups is 3. The van der Waals surface area contributed by atoms with Gasteiger partial charge in [0.2, 0.25) is 17.7 Å². The van der Waals surface area contributed by atoms with Crippen LogP contribution in [0.2, 0.25) is 0 Å². The van der Waals surface area contributed by atoms with Crippen LogP contribution in [0.3, 0.4) is 0 Å². The van der Waals surface area contributed by atoms with Crippen LogP contribution in [0.1, 0.15) is 57.8 Å². The summed E-state index contributed by atoms with van der Waals surface area (Å²) in [4.78, 5) is 56.3. The molecule has 0 radical (unpaired) electrons. The van der Waals surface area contributed by atoms with Gasteiger partial charge in [-0.15, -0.1) is 6.58 Å². The number of nitrogens with zero attached hydrogens (tertiary/aromatic N) is 6. The summed E-state index contributed by atoms with van der Waals surface area (Å²) < 4.78 is 0. The van der Waals surface area contributed by atoms with Crippen molar-refractivity contribution in [3.05, 3.63) is 12.7 Å². The molecule has 0 aliphatic rings. The van der Waals surface area contributed by atoms with Crippen molar-refractivity contribution in [2.75, 3.05) is 134 Å². The van der Waals surface area contributed by atoms with Gasteiger partial charge in [-0.2, -0.15) is 70.6 Å². The number of hydrogen-bond acceptors (Lipinski definition) is 13. The second-order valence-electron chi connectivity index (χ2n) is 13.6. The molecule has 3 amide bonds. The molecule has 22 heteroatoms. The van der Waals surface area contributed by atoms with Crippen molar-refractivity contribution in [3.8, 4) is 0 Å². The molecule has 0 spiro atoms. The van der Waals surface area contributed by atoms with Crippen LogP contribution in [-0.2, 0) is 14.4 Å². The van der Waals surface area contributed by atoms with Crippen LogP contribution in [0.15, 0.2) is 27.6 Å². The first kappa shape index (κ1) is 59.0. The third-order valence-electron chi connectivity index (χ3n) is 8.44. The van der Waals surface area contributed by atoms with E-state index < -0.39 is 0 Å². The van der Waals surface area contributed by atoms with Crippen molar-refractivity contribution in [1.29, 1.82) is 0 Å². The Morgan fingerprint density at radius 3 is 1.05 bits per heavy atom. The minimum atomic E-state index is 0.0223. The van der Waals surface area contributed by atoms with E-state index in [9.17, 15) is 14.4 Å². The zero-order chi connectivity index (χ0) is 45.2. The molecule has 16 nitrogen and oxygen atoms in total. The van der Waals surface area contributed by atoms with E-state index in [1.807, 2.05) is 68.6 Å². The summed E-state index contributed by atoms with van der Waals surface area (Å²) in [5.74, 6) is 12.2. The highest BCUT2D eigenvalue weighted by molar-refractivity contribution is 8.00. The Morgan fingerprint density at radius 2 is 0.721 bits per heavy atom. The first-order valence-corrected chi connectivity index (χ1v) is 28.2. The maximum atomic E-state index is 13.1. The molecule has 0 saturated heterocycles. The number of aliphatic imine (C=N–C) groups is 3. The molecule has 354 valence electrons. The van der Waals surface area contributed by atoms with Crippen LogP contribution in [0, 0.1) is 0 Å². The topological polar surface area (TPSA) is 280 Å². The van der Waals surface area contributed by atoms with Gasteiger partial charge in [0.1, 0.15) is 0 Å². The predicted molar refractivity (Wildman–Crippen MR) is 277 cm³/mol. The molecule has 0 bridgehead atoms. The predicted octanol–water partition coefficient (Wildman–Crippen LogP) is 2.35. The van der Waals surface area contributed by atoms with Gasteiger partial charge in [0.05, 0.1) is 19.6 Å². The van der Waals surface area contributed by atoms with Crippen LogP contribution in [0.4, 0.5) is 0 Å². The van der Waals surface area contributed by atoms with Crippen LogP contribution < -0.4 is 40.1 Å². The maximum Gasteiger partial charge on any atom is 0.223 e. The highest BCUT2D eigenvalue weighted by atomic mass is 32.2. The molecule has 0 atom stereocenters. The molecule has 0 aliphatic carbocycles. The standard InChI is InChI=1S/C39H79N13O3S6/c1-2-16-50(19-13-47-37(41)42)34(53)9-31-59-29-7-26-57-23-4-18-52(21-15-49-39(45)46)36(55)11-33-61-30-8-27-58-24-5-17-51(20-14-48-38(43)44)35(54)10-32-60-28-6-25-56-22-3-12-40/h2H,1,3-33,40H2,(H4,41,42,47)(H4,43,44,48)(H4,45,46,49). The Hall–Kier alpha value is -1.98. The summed E-state index contributed by atoms with van der Waals surface area (Å²) in [5, 5.41) is 0. The Labute approximate surface area is 392 Å². The van der Waals surface area contributed by atoms with Crippen molar-refractivity contribution in [1.82, 2.24) is 14.7 Å². The third kappa shape index (κ3) is 39.4. The lowest BCUT2D eigenvalue weighted by molar-refractivity contribution is -0.131. The van der Waals surface area contributed by atoms with Crippen molar-refractivity contribution < 1.29 is 14.4 Å². The lowest BCUT2D eigenvalue weighted by atomic mass is 10.3. The summed E-state index contributed by atoms with van der Waals surface area (Å²) in [5.41, 5.74) is 38.4. The second kappa shape index (κ2) is 43.3. The average Bonchev–Trinajstić information content (AvgIpc) is 3.22. The summed E-state index contributed by atoms with van der Waals surface area (Å²) in [6.45, 7) is 9.03. The molecule has 0 aliphatic heterocycles. The molecule has 14 N–H and O–H groups in total. The summed E-state index contributed by atoms with van der Waals surface area (Å²) in [7, 11) is 0. The van der Waals surface area contributed by atoms with Gasteiger partial charge in [0, 0.05) is 75.8 Å². The van der Waals surface area contributed by atoms with Gasteiger partial charge in [-0.3, -0.25) is 29.4 Å². The van der Waals surface area contributed by atoms with Crippen LogP contribution in [0.5, 0.6) is 0 Å². The maximum absolute atomic E-state index is 13.1. The van der Waals surface area contributed by atoms with Gasteiger partial charge in [0.15, 0.2) is 17.9 Å². The van der Waals surface area contributed by atoms with E-state index in [2.05, 4.69) is 21.6 Å². The van der Waals surface area contributed by atoms with E-state index >= 15 is 0 Å². The van der Waals surface area contributed by atoms with E-state index in [0.717, 1.165) is 114 Å². The molecule has 0 rings (SSSR count). The summed E-state index contributed by atoms with van der Waals surface area (Å²) >= 11 is 11.2. The number of hydrogen-bond donors (Lipinski definition) is 7. The van der Waals surface area contributed by atoms with Gasteiger partial charge < -0.3 is 54.8 Å². The Kier molecular flexibility index (Phi) is 41.9. The average molecular weight is 971 g/mol. The van der Waals surface area contributed by atoms with Crippen LogP contribution in [0.25, 0.3) is 0 Å². The Bertz CT molecular complexity index is 1230. The quantitative estimate of drug-likeness (QED) is 0.0200. The number of carbonyl (C=O) groups excluding carboxylic acids is 3. The van der Waals surface area contributed by atoms with Crippen molar-refractivity contribution in [2.45, 2.75) is 57.8 Å². The van der Waals surface area contributed by atoms with E-state index in [0.29, 0.717) is 78.2 Å². The molecular weight excluding hydrogens is 891 g/mol. The molecule has 0 aromatic rings. The van der Waals surface area contributed by atoms with Crippen molar-refractivity contribution in [2.24, 2.45) is 55.1 Å². The summed E-state index contributed by atoms with van der Waals surface area (Å²) in [6, 6.07) is 0. The fraction of sp³-hybridized carbons (Fsp3) is 0.795. The number of rotatable bonds is 43. The van der Waals surface area contributed by atoms with Crippen molar-refractivity contribution in [3.63, 3.8) is 0 Å². The second-order valence-corrected chi connectivity index (χ2v) is 21.0. The first-order chi connectivity index (χ1) is 29.5. The number of amides is 3. The zero-order valence-corrected chi connectivity index (χ0v) is 41.5. The van der Waals surface area contributed by atoms with Crippen LogP contribution >= 0.6 is 70.6 Å². The SMILES string of the molecule is C=CCN(CCN=C(N)N)C(=O)CCSCCCSCCCN(CCN=C(N)N)C(=O)CCSCCCSCCCN(CCN=C(N)N)C(=O)CCSCCCSCCCN. The van der Waals surface area contributed by atoms with Crippen molar-refractivity contribution >= 4 is 106 Å². The van der Waals surface area contributed by atoms with E-state index in [4.69, 9.17) is 40.1 Å². The van der Waals surface area contributed by atoms with Gasteiger partial charge in [0.25, 0.3) is 0 Å². The van der Waals surface area contributed by atoms with Gasteiger partial charge in [-0.25, -0.2) is 0 Å². The molecular formula is C39H79N13O3S6. The fourth-order valence-electron chi connectivity index (χ4n) is 5.35. The minimum Gasteiger partial charge on any atom is -0.370 e. The lowest BCUT2D eigenvalue weighted by Gasteiger charge is -2.22. The summed E-state index contributed by atoms with van der Waals surface area (Å²) in [6.07, 6.45) is 9.37. The number of nitrogens with two attached hydrogens (primary N) is 7. The molecule has 0 aromatic carbocycles. The highest BCUT2D eigenvalue weighted by Gasteiger charge is 2.15. The lowest BCUT2D eigenvalue weighted by Crippen LogP contribution is -2.35. The monoisotopic (exact) mass is 969 g/mol. The molecule has 61 heavy (non-hydrogen) atoms. The molecule has 0 fully saturated rings. The third-order valence-corrected chi connectivity index (χ3v) is 15.1. The first-order valence-electron chi connectivity index (χ1n) is 21.3. The highest BCUT2D eigenvalue weighted by Crippen LogP contribution is 2.15. The van der Waals surface area contributed by atoms with Crippen LogP contribution in [-0.4, -0.2) is 185 Å². The van der Waals surface area contributed by atoms with Gasteiger partial charge >= 0.3 is 0 Å². The van der Waals surface area contributed by atoms with E-state index in [1.165, 1.54) is 0 Å². The molecule has 0 unspecified atom stereocenters. The largest absolute Gasteiger partial charge is 0.370 e. The smallest absolute Gasteiger partial charge is 0.223 e. The van der Waals surface area contributed by atoms with E-state index in [-0.39, 0.29) is 35.6 Å². The van der Waals surface area contributed by atoms with E-state index in [1.54, 1.807) is 22.7 Å². The fourth-order valence-corrected chi connectivity index (χ4v) is 11.2. The number of thioether (sulfide) groups is 6. The zero-order valence-electron chi connectivity index (χ0n) is 36.6. The molecule has 0 saturated carbocycles. The molecule has 0 heterocycles. The van der Waals surface area contributed by atoms with Gasteiger partial charge in [-0.05, 0) is 96.8 Å². The number of carbonyl (C=O) groups is 3. The molecule has 0 aromatic heterocycles. The normalized spacial score (nSPS) is 10.8. The Balaban J connectivity index is 4.30.